The second-order valence-corrected chi connectivity index (χ2v) is 5.15. The van der Waals surface area contributed by atoms with Gasteiger partial charge < -0.3 is 10.4 Å². The molecule has 0 spiro atoms. The SMILES string of the molecule is N#CC1(C(=O)NCCCCCO)CCCCCC1. The molecule has 0 saturated heterocycles. The highest BCUT2D eigenvalue weighted by atomic mass is 16.2. The second-order valence-electron chi connectivity index (χ2n) is 5.15. The molecule has 1 saturated carbocycles. The van der Waals surface area contributed by atoms with Crippen LogP contribution in [0.1, 0.15) is 57.8 Å². The Balaban J connectivity index is 2.39. The molecule has 0 aromatic rings. The summed E-state index contributed by atoms with van der Waals surface area (Å²) in [4.78, 5) is 12.2. The molecule has 2 N–H and O–H groups in total. The van der Waals surface area contributed by atoms with E-state index in [1.165, 1.54) is 0 Å². The average Bonchev–Trinajstić information content (AvgIpc) is 2.64. The van der Waals surface area contributed by atoms with Gasteiger partial charge >= 0.3 is 0 Å². The number of carbonyl (C=O) groups is 1. The first kappa shape index (κ1) is 15.0. The molecular formula is C14H24N2O2. The molecule has 0 aliphatic heterocycles. The van der Waals surface area contributed by atoms with E-state index in [0.717, 1.165) is 44.9 Å². The van der Waals surface area contributed by atoms with E-state index in [9.17, 15) is 10.1 Å². The average molecular weight is 252 g/mol. The third kappa shape index (κ3) is 4.30. The minimum atomic E-state index is -0.784. The molecule has 4 heteroatoms. The van der Waals surface area contributed by atoms with Crippen LogP contribution in [0.15, 0.2) is 0 Å². The van der Waals surface area contributed by atoms with E-state index in [1.807, 2.05) is 0 Å². The number of unbranched alkanes of at least 4 members (excludes halogenated alkanes) is 2. The summed E-state index contributed by atoms with van der Waals surface area (Å²) in [6, 6.07) is 2.26. The van der Waals surface area contributed by atoms with E-state index >= 15 is 0 Å². The van der Waals surface area contributed by atoms with Gasteiger partial charge in [-0.3, -0.25) is 4.79 Å². The van der Waals surface area contributed by atoms with Crippen LogP contribution in [-0.2, 0) is 4.79 Å². The highest BCUT2D eigenvalue weighted by Gasteiger charge is 2.38. The van der Waals surface area contributed by atoms with Crippen molar-refractivity contribution >= 4 is 5.91 Å². The van der Waals surface area contributed by atoms with Crippen LogP contribution in [0.3, 0.4) is 0 Å². The Labute approximate surface area is 109 Å². The van der Waals surface area contributed by atoms with Crippen LogP contribution in [0.5, 0.6) is 0 Å². The lowest BCUT2D eigenvalue weighted by atomic mass is 9.81. The zero-order valence-corrected chi connectivity index (χ0v) is 11.1. The first-order chi connectivity index (χ1) is 8.75. The van der Waals surface area contributed by atoms with Crippen molar-refractivity contribution < 1.29 is 9.90 Å². The van der Waals surface area contributed by atoms with Crippen molar-refractivity contribution in [2.24, 2.45) is 5.41 Å². The number of aliphatic hydroxyl groups excluding tert-OH is 1. The van der Waals surface area contributed by atoms with Crippen LogP contribution < -0.4 is 5.32 Å². The lowest BCUT2D eigenvalue weighted by Crippen LogP contribution is -2.40. The standard InChI is InChI=1S/C14H24N2O2/c15-12-14(8-4-1-2-5-9-14)13(18)16-10-6-3-7-11-17/h17H,1-11H2,(H,16,18). The van der Waals surface area contributed by atoms with Crippen molar-refractivity contribution in [3.63, 3.8) is 0 Å². The van der Waals surface area contributed by atoms with Gasteiger partial charge in [0.1, 0.15) is 5.41 Å². The predicted octanol–water partition coefficient (Wildman–Crippen LogP) is 2.13. The normalized spacial score (nSPS) is 18.7. The van der Waals surface area contributed by atoms with Gasteiger partial charge in [-0.2, -0.15) is 5.26 Å². The Morgan fingerprint density at radius 2 is 1.83 bits per heavy atom. The van der Waals surface area contributed by atoms with Gasteiger partial charge in [0.25, 0.3) is 0 Å². The molecule has 0 aromatic carbocycles. The summed E-state index contributed by atoms with van der Waals surface area (Å²) in [5.74, 6) is -0.0871. The van der Waals surface area contributed by atoms with Crippen LogP contribution in [-0.4, -0.2) is 24.2 Å². The molecule has 0 radical (unpaired) electrons. The number of aliphatic hydroxyl groups is 1. The van der Waals surface area contributed by atoms with E-state index in [2.05, 4.69) is 11.4 Å². The number of hydrogen-bond acceptors (Lipinski definition) is 3. The van der Waals surface area contributed by atoms with Gasteiger partial charge in [0.05, 0.1) is 6.07 Å². The fourth-order valence-corrected chi connectivity index (χ4v) is 2.51. The fourth-order valence-electron chi connectivity index (χ4n) is 2.51. The van der Waals surface area contributed by atoms with E-state index in [-0.39, 0.29) is 12.5 Å². The maximum Gasteiger partial charge on any atom is 0.240 e. The van der Waals surface area contributed by atoms with Crippen LogP contribution in [0.25, 0.3) is 0 Å². The van der Waals surface area contributed by atoms with Crippen molar-refractivity contribution in [1.29, 1.82) is 5.26 Å². The number of rotatable bonds is 6. The van der Waals surface area contributed by atoms with E-state index in [1.54, 1.807) is 0 Å². The molecule has 18 heavy (non-hydrogen) atoms. The first-order valence-electron chi connectivity index (χ1n) is 7.05. The maximum atomic E-state index is 12.2. The van der Waals surface area contributed by atoms with Gasteiger partial charge in [0.2, 0.25) is 5.91 Å². The van der Waals surface area contributed by atoms with Crippen LogP contribution in [0, 0.1) is 16.7 Å². The van der Waals surface area contributed by atoms with Crippen LogP contribution >= 0.6 is 0 Å². The van der Waals surface area contributed by atoms with Gasteiger partial charge in [-0.1, -0.05) is 25.7 Å². The Bertz CT molecular complexity index is 289. The molecular weight excluding hydrogens is 228 g/mol. The fraction of sp³-hybridized carbons (Fsp3) is 0.857. The molecule has 0 aromatic heterocycles. The second kappa shape index (κ2) is 8.10. The zero-order chi connectivity index (χ0) is 13.3. The molecule has 1 aliphatic carbocycles. The topological polar surface area (TPSA) is 73.1 Å². The van der Waals surface area contributed by atoms with Gasteiger partial charge in [-0.15, -0.1) is 0 Å². The maximum absolute atomic E-state index is 12.2. The molecule has 1 aliphatic rings. The van der Waals surface area contributed by atoms with E-state index in [0.29, 0.717) is 19.4 Å². The minimum Gasteiger partial charge on any atom is -0.396 e. The van der Waals surface area contributed by atoms with Crippen molar-refractivity contribution in [3.8, 4) is 6.07 Å². The van der Waals surface area contributed by atoms with Gasteiger partial charge in [-0.25, -0.2) is 0 Å². The third-order valence-corrected chi connectivity index (χ3v) is 3.73. The summed E-state index contributed by atoms with van der Waals surface area (Å²) in [7, 11) is 0. The summed E-state index contributed by atoms with van der Waals surface area (Å²) in [5, 5.41) is 20.9. The quantitative estimate of drug-likeness (QED) is 0.562. The van der Waals surface area contributed by atoms with Crippen molar-refractivity contribution in [1.82, 2.24) is 5.32 Å². The number of nitrogens with zero attached hydrogens (tertiary/aromatic N) is 1. The van der Waals surface area contributed by atoms with Gasteiger partial charge in [0, 0.05) is 13.2 Å². The number of nitrogens with one attached hydrogen (secondary N) is 1. The summed E-state index contributed by atoms with van der Waals surface area (Å²) in [6.07, 6.45) is 8.18. The lowest BCUT2D eigenvalue weighted by molar-refractivity contribution is -0.128. The Kier molecular flexibility index (Phi) is 6.74. The van der Waals surface area contributed by atoms with Gasteiger partial charge in [0.15, 0.2) is 0 Å². The van der Waals surface area contributed by atoms with Crippen molar-refractivity contribution in [2.75, 3.05) is 13.2 Å². The molecule has 1 rings (SSSR count). The molecule has 0 unspecified atom stereocenters. The predicted molar refractivity (Wildman–Crippen MR) is 69.7 cm³/mol. The number of carbonyl (C=O) groups excluding carboxylic acids is 1. The van der Waals surface area contributed by atoms with E-state index < -0.39 is 5.41 Å². The summed E-state index contributed by atoms with van der Waals surface area (Å²) in [6.45, 7) is 0.818. The van der Waals surface area contributed by atoms with Gasteiger partial charge in [-0.05, 0) is 32.1 Å². The van der Waals surface area contributed by atoms with Crippen molar-refractivity contribution in [3.05, 3.63) is 0 Å². The number of hydrogen-bond donors (Lipinski definition) is 2. The first-order valence-corrected chi connectivity index (χ1v) is 7.05. The van der Waals surface area contributed by atoms with Crippen LogP contribution in [0.2, 0.25) is 0 Å². The minimum absolute atomic E-state index is 0.0871. The van der Waals surface area contributed by atoms with Crippen LogP contribution in [0.4, 0.5) is 0 Å². The monoisotopic (exact) mass is 252 g/mol. The molecule has 0 atom stereocenters. The summed E-state index contributed by atoms with van der Waals surface area (Å²) < 4.78 is 0. The van der Waals surface area contributed by atoms with E-state index in [4.69, 9.17) is 5.11 Å². The molecule has 102 valence electrons. The highest BCUT2D eigenvalue weighted by Crippen LogP contribution is 2.34. The third-order valence-electron chi connectivity index (χ3n) is 3.73. The molecule has 1 fully saturated rings. The highest BCUT2D eigenvalue weighted by molar-refractivity contribution is 5.85. The molecule has 1 amide bonds. The summed E-state index contributed by atoms with van der Waals surface area (Å²) in [5.41, 5.74) is -0.784. The Hall–Kier alpha value is -1.08. The van der Waals surface area contributed by atoms with Crippen molar-refractivity contribution in [2.45, 2.75) is 57.8 Å². The number of amides is 1. The molecule has 0 heterocycles. The zero-order valence-electron chi connectivity index (χ0n) is 11.1. The Morgan fingerprint density at radius 1 is 1.17 bits per heavy atom. The lowest BCUT2D eigenvalue weighted by Gasteiger charge is -2.23. The molecule has 4 nitrogen and oxygen atoms in total. The number of nitriles is 1. The summed E-state index contributed by atoms with van der Waals surface area (Å²) >= 11 is 0. The Morgan fingerprint density at radius 3 is 2.39 bits per heavy atom. The largest absolute Gasteiger partial charge is 0.396 e. The molecule has 0 bridgehead atoms. The smallest absolute Gasteiger partial charge is 0.240 e.